The zero-order chi connectivity index (χ0) is 12.7. The average Bonchev–Trinajstić information content (AvgIpc) is 3.11. The summed E-state index contributed by atoms with van der Waals surface area (Å²) < 4.78 is 14.1. The van der Waals surface area contributed by atoms with Crippen molar-refractivity contribution < 1.29 is 4.39 Å². The summed E-state index contributed by atoms with van der Waals surface area (Å²) >= 11 is 0. The minimum Gasteiger partial charge on any atom is -0.358 e. The Kier molecular flexibility index (Phi) is 2.54. The summed E-state index contributed by atoms with van der Waals surface area (Å²) in [6.07, 6.45) is 2.31. The first-order valence-electron chi connectivity index (χ1n) is 6.14. The third kappa shape index (κ3) is 2.08. The monoisotopic (exact) mass is 243 g/mol. The molecule has 0 amide bonds. The average molecular weight is 243 g/mol. The Labute approximate surface area is 104 Å². The van der Waals surface area contributed by atoms with E-state index in [0.29, 0.717) is 17.2 Å². The van der Waals surface area contributed by atoms with Crippen molar-refractivity contribution in [3.8, 4) is 11.3 Å². The lowest BCUT2D eigenvalue weighted by atomic mass is 10.0. The largest absolute Gasteiger partial charge is 0.358 e. The molecule has 1 heterocycles. The Hall–Kier alpha value is -1.90. The van der Waals surface area contributed by atoms with Gasteiger partial charge in [0.1, 0.15) is 5.82 Å². The number of halogens is 1. The van der Waals surface area contributed by atoms with Gasteiger partial charge < -0.3 is 4.98 Å². The molecule has 0 aliphatic heterocycles. The predicted octanol–water partition coefficient (Wildman–Crippen LogP) is 3.37. The van der Waals surface area contributed by atoms with Crippen LogP contribution in [-0.2, 0) is 0 Å². The van der Waals surface area contributed by atoms with E-state index in [1.165, 1.54) is 12.1 Å². The third-order valence-electron chi connectivity index (χ3n) is 3.31. The van der Waals surface area contributed by atoms with E-state index in [2.05, 4.69) is 4.98 Å². The number of pyridine rings is 1. The summed E-state index contributed by atoms with van der Waals surface area (Å²) in [4.78, 5) is 14.5. The first-order valence-corrected chi connectivity index (χ1v) is 6.14. The Morgan fingerprint density at radius 3 is 2.61 bits per heavy atom. The number of nitrogens with one attached hydrogen (secondary N) is 1. The summed E-state index contributed by atoms with van der Waals surface area (Å²) in [5.41, 5.74) is 2.70. The second-order valence-corrected chi connectivity index (χ2v) is 4.93. The number of aromatic amines is 1. The molecule has 1 aromatic carbocycles. The zero-order valence-corrected chi connectivity index (χ0v) is 10.2. The first-order chi connectivity index (χ1) is 8.63. The highest BCUT2D eigenvalue weighted by Gasteiger charge is 2.24. The molecule has 3 rings (SSSR count). The normalized spacial score (nSPS) is 14.8. The molecule has 0 bridgehead atoms. The van der Waals surface area contributed by atoms with Gasteiger partial charge in [0.25, 0.3) is 0 Å². The molecule has 2 nitrogen and oxygen atoms in total. The second kappa shape index (κ2) is 4.09. The second-order valence-electron chi connectivity index (χ2n) is 4.93. The van der Waals surface area contributed by atoms with Crippen molar-refractivity contribution in [3.05, 3.63) is 57.6 Å². The lowest BCUT2D eigenvalue weighted by Gasteiger charge is -2.07. The number of hydrogen-bond donors (Lipinski definition) is 1. The highest BCUT2D eigenvalue weighted by Crippen LogP contribution is 2.40. The highest BCUT2D eigenvalue weighted by atomic mass is 19.1. The molecule has 0 atom stereocenters. The summed E-state index contributed by atoms with van der Waals surface area (Å²) in [7, 11) is 0. The number of rotatable bonds is 2. The van der Waals surface area contributed by atoms with Crippen LogP contribution in [0.25, 0.3) is 11.3 Å². The summed E-state index contributed by atoms with van der Waals surface area (Å²) in [6.45, 7) is 1.79. The van der Waals surface area contributed by atoms with Gasteiger partial charge in [-0.15, -0.1) is 0 Å². The molecule has 1 aliphatic carbocycles. The molecule has 0 saturated heterocycles. The molecule has 0 unspecified atom stereocenters. The van der Waals surface area contributed by atoms with E-state index in [4.69, 9.17) is 0 Å². The van der Waals surface area contributed by atoms with Crippen molar-refractivity contribution in [2.45, 2.75) is 25.7 Å². The van der Waals surface area contributed by atoms with Crippen LogP contribution in [0.15, 0.2) is 35.1 Å². The van der Waals surface area contributed by atoms with Crippen molar-refractivity contribution in [2.24, 2.45) is 0 Å². The third-order valence-corrected chi connectivity index (χ3v) is 3.31. The molecular formula is C15H14FNO. The fraction of sp³-hybridized carbons (Fsp3) is 0.267. The number of H-pyrrole nitrogens is 1. The molecule has 0 radical (unpaired) electrons. The maximum atomic E-state index is 14.1. The predicted molar refractivity (Wildman–Crippen MR) is 69.2 cm³/mol. The van der Waals surface area contributed by atoms with Gasteiger partial charge in [-0.1, -0.05) is 6.07 Å². The van der Waals surface area contributed by atoms with E-state index >= 15 is 0 Å². The fourth-order valence-electron chi connectivity index (χ4n) is 2.25. The summed E-state index contributed by atoms with van der Waals surface area (Å²) in [5.74, 6) is 0.269. The van der Waals surface area contributed by atoms with Crippen LogP contribution in [0.5, 0.6) is 0 Å². The Bertz CT molecular complexity index is 656. The summed E-state index contributed by atoms with van der Waals surface area (Å²) in [6, 6.07) is 8.24. The fourth-order valence-corrected chi connectivity index (χ4v) is 2.25. The van der Waals surface area contributed by atoms with Gasteiger partial charge in [-0.05, 0) is 43.4 Å². The first kappa shape index (κ1) is 11.2. The Balaban J connectivity index is 2.07. The van der Waals surface area contributed by atoms with E-state index in [1.54, 1.807) is 19.1 Å². The molecule has 1 saturated carbocycles. The Morgan fingerprint density at radius 2 is 2.00 bits per heavy atom. The van der Waals surface area contributed by atoms with Gasteiger partial charge in [-0.3, -0.25) is 4.79 Å². The van der Waals surface area contributed by atoms with Crippen LogP contribution in [0.3, 0.4) is 0 Å². The van der Waals surface area contributed by atoms with E-state index in [1.807, 2.05) is 6.07 Å². The van der Waals surface area contributed by atoms with Gasteiger partial charge in [0.2, 0.25) is 0 Å². The molecule has 1 fully saturated rings. The van der Waals surface area contributed by atoms with Gasteiger partial charge in [0.05, 0.1) is 5.69 Å². The van der Waals surface area contributed by atoms with Crippen LogP contribution in [0.4, 0.5) is 4.39 Å². The van der Waals surface area contributed by atoms with Crippen molar-refractivity contribution in [2.75, 3.05) is 0 Å². The zero-order valence-electron chi connectivity index (χ0n) is 10.2. The lowest BCUT2D eigenvalue weighted by Crippen LogP contribution is -2.02. The van der Waals surface area contributed by atoms with Crippen LogP contribution in [0.1, 0.15) is 30.0 Å². The minimum atomic E-state index is -0.263. The molecule has 2 aromatic rings. The molecule has 1 N–H and O–H groups in total. The van der Waals surface area contributed by atoms with Gasteiger partial charge in [-0.2, -0.15) is 0 Å². The van der Waals surface area contributed by atoms with E-state index < -0.39 is 0 Å². The molecule has 18 heavy (non-hydrogen) atoms. The van der Waals surface area contributed by atoms with E-state index in [-0.39, 0.29) is 11.2 Å². The number of aromatic nitrogens is 1. The van der Waals surface area contributed by atoms with Gasteiger partial charge in [-0.25, -0.2) is 4.39 Å². The van der Waals surface area contributed by atoms with Crippen LogP contribution >= 0.6 is 0 Å². The quantitative estimate of drug-likeness (QED) is 0.861. The van der Waals surface area contributed by atoms with Crippen molar-refractivity contribution in [1.29, 1.82) is 0 Å². The van der Waals surface area contributed by atoms with Crippen molar-refractivity contribution in [3.63, 3.8) is 0 Å². The highest BCUT2D eigenvalue weighted by molar-refractivity contribution is 5.60. The summed E-state index contributed by atoms with van der Waals surface area (Å²) in [5, 5.41) is 0. The topological polar surface area (TPSA) is 32.9 Å². The van der Waals surface area contributed by atoms with Gasteiger partial charge in [0.15, 0.2) is 5.43 Å². The molecule has 1 aliphatic rings. The maximum Gasteiger partial charge on any atom is 0.182 e. The minimum absolute atomic E-state index is 0.105. The van der Waals surface area contributed by atoms with Crippen LogP contribution in [0, 0.1) is 12.7 Å². The van der Waals surface area contributed by atoms with E-state index in [0.717, 1.165) is 24.1 Å². The molecule has 3 heteroatoms. The van der Waals surface area contributed by atoms with Gasteiger partial charge >= 0.3 is 0 Å². The van der Waals surface area contributed by atoms with Crippen LogP contribution in [0.2, 0.25) is 0 Å². The molecule has 92 valence electrons. The lowest BCUT2D eigenvalue weighted by molar-refractivity contribution is 0.628. The number of benzene rings is 1. The van der Waals surface area contributed by atoms with Crippen LogP contribution < -0.4 is 5.43 Å². The van der Waals surface area contributed by atoms with Gasteiger partial charge in [0, 0.05) is 23.4 Å². The van der Waals surface area contributed by atoms with Crippen LogP contribution in [-0.4, -0.2) is 4.98 Å². The number of hydrogen-bond acceptors (Lipinski definition) is 1. The van der Waals surface area contributed by atoms with E-state index in [9.17, 15) is 9.18 Å². The SMILES string of the molecule is Cc1cc(=O)cc(-c2ccc(C3CC3)cc2F)[nH]1. The molecule has 0 spiro atoms. The molecular weight excluding hydrogens is 229 g/mol. The van der Waals surface area contributed by atoms with Crippen molar-refractivity contribution in [1.82, 2.24) is 4.98 Å². The smallest absolute Gasteiger partial charge is 0.182 e. The number of aryl methyl sites for hydroxylation is 1. The standard InChI is InChI=1S/C15H14FNO/c1-9-6-12(18)8-15(17-9)13-5-4-11(7-14(13)16)10-2-3-10/h4-8,10H,2-3H2,1H3,(H,17,18). The molecule has 1 aromatic heterocycles. The van der Waals surface area contributed by atoms with Crippen molar-refractivity contribution >= 4 is 0 Å². The Morgan fingerprint density at radius 1 is 1.22 bits per heavy atom. The maximum absolute atomic E-state index is 14.1.